The van der Waals surface area contributed by atoms with Gasteiger partial charge in [0.2, 0.25) is 21.7 Å². The van der Waals surface area contributed by atoms with Crippen molar-refractivity contribution in [2.24, 2.45) is 7.05 Å². The highest BCUT2D eigenvalue weighted by Gasteiger charge is 2.40. The Morgan fingerprint density at radius 3 is 2.50 bits per heavy atom. The van der Waals surface area contributed by atoms with Gasteiger partial charge in [0.25, 0.3) is 0 Å². The van der Waals surface area contributed by atoms with Gasteiger partial charge in [-0.25, -0.2) is 8.42 Å². The first-order chi connectivity index (χ1) is 13.3. The molecule has 0 bridgehead atoms. The SMILES string of the molecule is Cc1nc(-c2ccccc2OC2CN(S(=O)(=O)c3c(C)nn(C)c3C)C2)no1. The van der Waals surface area contributed by atoms with Gasteiger partial charge in [0.15, 0.2) is 0 Å². The summed E-state index contributed by atoms with van der Waals surface area (Å²) in [5, 5.41) is 8.14. The smallest absolute Gasteiger partial charge is 0.246 e. The monoisotopic (exact) mass is 403 g/mol. The summed E-state index contributed by atoms with van der Waals surface area (Å²) in [4.78, 5) is 4.51. The standard InChI is InChI=1S/C18H21N5O4S/c1-11-17(12(2)22(4)20-11)28(24,25)23-9-14(10-23)26-16-8-6-5-7-15(16)18-19-13(3)27-21-18/h5-8,14H,9-10H2,1-4H3. The second kappa shape index (κ2) is 6.71. The van der Waals surface area contributed by atoms with Crippen molar-refractivity contribution < 1.29 is 17.7 Å². The summed E-state index contributed by atoms with van der Waals surface area (Å²) in [7, 11) is -1.86. The molecule has 4 rings (SSSR count). The van der Waals surface area contributed by atoms with Crippen LogP contribution in [0.15, 0.2) is 33.7 Å². The van der Waals surface area contributed by atoms with Gasteiger partial charge in [-0.1, -0.05) is 17.3 Å². The summed E-state index contributed by atoms with van der Waals surface area (Å²) in [6, 6.07) is 7.36. The lowest BCUT2D eigenvalue weighted by Gasteiger charge is -2.38. The Morgan fingerprint density at radius 2 is 1.89 bits per heavy atom. The van der Waals surface area contributed by atoms with E-state index >= 15 is 0 Å². The molecule has 3 aromatic rings. The van der Waals surface area contributed by atoms with Gasteiger partial charge in [0.1, 0.15) is 16.7 Å². The number of hydrogen-bond donors (Lipinski definition) is 0. The topological polar surface area (TPSA) is 103 Å². The van der Waals surface area contributed by atoms with E-state index in [-0.39, 0.29) is 24.1 Å². The van der Waals surface area contributed by atoms with Crippen LogP contribution in [0.5, 0.6) is 5.75 Å². The van der Waals surface area contributed by atoms with Crippen LogP contribution in [0, 0.1) is 20.8 Å². The summed E-state index contributed by atoms with van der Waals surface area (Å²) in [5.41, 5.74) is 1.83. The minimum atomic E-state index is -3.60. The maximum absolute atomic E-state index is 12.9. The molecule has 0 amide bonds. The Kier molecular flexibility index (Phi) is 4.47. The first-order valence-corrected chi connectivity index (χ1v) is 10.3. The van der Waals surface area contributed by atoms with Crippen molar-refractivity contribution in [1.82, 2.24) is 24.2 Å². The van der Waals surface area contributed by atoms with E-state index in [0.717, 1.165) is 0 Å². The summed E-state index contributed by atoms with van der Waals surface area (Å²) >= 11 is 0. The van der Waals surface area contributed by atoms with E-state index < -0.39 is 10.0 Å². The van der Waals surface area contributed by atoms with Crippen LogP contribution in [0.1, 0.15) is 17.3 Å². The van der Waals surface area contributed by atoms with Crippen LogP contribution in [0.3, 0.4) is 0 Å². The zero-order valence-corrected chi connectivity index (χ0v) is 16.9. The summed E-state index contributed by atoms with van der Waals surface area (Å²) < 4.78 is 39.9. The number of nitrogens with zero attached hydrogens (tertiary/aromatic N) is 5. The van der Waals surface area contributed by atoms with E-state index in [2.05, 4.69) is 15.2 Å². The summed E-state index contributed by atoms with van der Waals surface area (Å²) in [6.07, 6.45) is -0.249. The number of rotatable bonds is 5. The Bertz CT molecular complexity index is 1130. The molecule has 1 fully saturated rings. The second-order valence-corrected chi connectivity index (χ2v) is 8.69. The van der Waals surface area contributed by atoms with Gasteiger partial charge in [0.05, 0.1) is 30.0 Å². The van der Waals surface area contributed by atoms with Crippen LogP contribution < -0.4 is 4.74 Å². The third-order valence-corrected chi connectivity index (χ3v) is 6.89. The number of ether oxygens (including phenoxy) is 1. The van der Waals surface area contributed by atoms with Crippen molar-refractivity contribution in [1.29, 1.82) is 0 Å². The van der Waals surface area contributed by atoms with E-state index in [1.807, 2.05) is 24.3 Å². The van der Waals surface area contributed by atoms with Gasteiger partial charge in [-0.2, -0.15) is 14.4 Å². The summed E-state index contributed by atoms with van der Waals surface area (Å²) in [6.45, 7) is 5.73. The Balaban J connectivity index is 1.50. The summed E-state index contributed by atoms with van der Waals surface area (Å²) in [5.74, 6) is 1.51. The molecule has 28 heavy (non-hydrogen) atoms. The molecule has 0 aliphatic carbocycles. The zero-order valence-electron chi connectivity index (χ0n) is 16.1. The Labute approximate surface area is 163 Å². The maximum Gasteiger partial charge on any atom is 0.246 e. The molecule has 10 heteroatoms. The average Bonchev–Trinajstić information content (AvgIpc) is 3.14. The van der Waals surface area contributed by atoms with Crippen molar-refractivity contribution in [2.75, 3.05) is 13.1 Å². The average molecular weight is 403 g/mol. The third kappa shape index (κ3) is 3.08. The van der Waals surface area contributed by atoms with Crippen LogP contribution in [-0.4, -0.2) is 51.8 Å². The fraction of sp³-hybridized carbons (Fsp3) is 0.389. The molecule has 0 atom stereocenters. The van der Waals surface area contributed by atoms with Crippen LogP contribution >= 0.6 is 0 Å². The Morgan fingerprint density at radius 1 is 1.18 bits per heavy atom. The fourth-order valence-corrected chi connectivity index (χ4v) is 5.17. The molecule has 2 aromatic heterocycles. The molecule has 1 aromatic carbocycles. The van der Waals surface area contributed by atoms with E-state index in [9.17, 15) is 8.42 Å². The van der Waals surface area contributed by atoms with Crippen molar-refractivity contribution in [3.05, 3.63) is 41.5 Å². The van der Waals surface area contributed by atoms with Gasteiger partial charge in [-0.05, 0) is 26.0 Å². The first kappa shape index (κ1) is 18.6. The third-order valence-electron chi connectivity index (χ3n) is 4.80. The van der Waals surface area contributed by atoms with Gasteiger partial charge in [-0.15, -0.1) is 0 Å². The molecule has 0 N–H and O–H groups in total. The molecule has 0 unspecified atom stereocenters. The molecule has 1 saturated heterocycles. The maximum atomic E-state index is 12.9. The quantitative estimate of drug-likeness (QED) is 0.640. The molecule has 1 aliphatic heterocycles. The molecular formula is C18H21N5O4S. The molecule has 0 spiro atoms. The number of aromatic nitrogens is 4. The van der Waals surface area contributed by atoms with E-state index in [1.54, 1.807) is 32.5 Å². The number of aryl methyl sites for hydroxylation is 3. The van der Waals surface area contributed by atoms with E-state index in [4.69, 9.17) is 9.26 Å². The molecule has 3 heterocycles. The molecule has 0 radical (unpaired) electrons. The minimum absolute atomic E-state index is 0.249. The minimum Gasteiger partial charge on any atom is -0.487 e. The van der Waals surface area contributed by atoms with Crippen molar-refractivity contribution in [3.63, 3.8) is 0 Å². The molecule has 1 aliphatic rings. The highest BCUT2D eigenvalue weighted by atomic mass is 32.2. The van der Waals surface area contributed by atoms with Crippen LogP contribution in [0.25, 0.3) is 11.4 Å². The largest absolute Gasteiger partial charge is 0.487 e. The van der Waals surface area contributed by atoms with Crippen LogP contribution in [0.2, 0.25) is 0 Å². The van der Waals surface area contributed by atoms with E-state index in [1.165, 1.54) is 4.31 Å². The number of hydrogen-bond acceptors (Lipinski definition) is 7. The van der Waals surface area contributed by atoms with Crippen molar-refractivity contribution >= 4 is 10.0 Å². The predicted octanol–water partition coefficient (Wildman–Crippen LogP) is 1.85. The highest BCUT2D eigenvalue weighted by Crippen LogP contribution is 2.32. The van der Waals surface area contributed by atoms with Gasteiger partial charge < -0.3 is 9.26 Å². The number of benzene rings is 1. The fourth-order valence-electron chi connectivity index (χ4n) is 3.27. The van der Waals surface area contributed by atoms with Crippen molar-refractivity contribution in [3.8, 4) is 17.1 Å². The van der Waals surface area contributed by atoms with Gasteiger partial charge in [0, 0.05) is 14.0 Å². The van der Waals surface area contributed by atoms with Crippen LogP contribution in [0.4, 0.5) is 0 Å². The molecule has 9 nitrogen and oxygen atoms in total. The molecule has 0 saturated carbocycles. The lowest BCUT2D eigenvalue weighted by Crippen LogP contribution is -2.56. The van der Waals surface area contributed by atoms with E-state index in [0.29, 0.717) is 34.4 Å². The lowest BCUT2D eigenvalue weighted by molar-refractivity contribution is 0.0766. The first-order valence-electron chi connectivity index (χ1n) is 8.84. The normalized spacial score (nSPS) is 15.6. The van der Waals surface area contributed by atoms with Crippen LogP contribution in [-0.2, 0) is 17.1 Å². The predicted molar refractivity (Wildman–Crippen MR) is 100 cm³/mol. The number of sulfonamides is 1. The van der Waals surface area contributed by atoms with Gasteiger partial charge >= 0.3 is 0 Å². The Hall–Kier alpha value is -2.72. The zero-order chi connectivity index (χ0) is 20.1. The van der Waals surface area contributed by atoms with Gasteiger partial charge in [-0.3, -0.25) is 4.68 Å². The second-order valence-electron chi connectivity index (χ2n) is 6.82. The number of para-hydroxylation sites is 1. The highest BCUT2D eigenvalue weighted by molar-refractivity contribution is 7.89. The van der Waals surface area contributed by atoms with Crippen molar-refractivity contribution in [2.45, 2.75) is 31.8 Å². The molecular weight excluding hydrogens is 382 g/mol. The lowest BCUT2D eigenvalue weighted by atomic mass is 10.1. The molecule has 148 valence electrons.